The maximum Gasteiger partial charge on any atom is 0.282 e. The monoisotopic (exact) mass is 297 g/mol. The van der Waals surface area contributed by atoms with Gasteiger partial charge in [-0.05, 0) is 47.2 Å². The van der Waals surface area contributed by atoms with Crippen LogP contribution in [0.15, 0.2) is 66.7 Å². The number of carbonyl (C=O) groups excluding carboxylic acids is 1. The number of hydrogen-bond acceptors (Lipinski definition) is 2. The van der Waals surface area contributed by atoms with Crippen molar-refractivity contribution in [1.29, 1.82) is 0 Å². The Balaban J connectivity index is 1.94. The Morgan fingerprint density at radius 2 is 1.57 bits per heavy atom. The van der Waals surface area contributed by atoms with Crippen molar-refractivity contribution in [3.05, 3.63) is 77.3 Å². The molecule has 104 valence electrons. The van der Waals surface area contributed by atoms with Gasteiger partial charge in [-0.3, -0.25) is 10.0 Å². The number of amides is 1. The van der Waals surface area contributed by atoms with E-state index in [9.17, 15) is 10.0 Å². The number of hydrogen-bond donors (Lipinski definition) is 1. The molecule has 3 aromatic rings. The standard InChI is InChI=1S/C17H12ClNO2/c18-15-7-9-16(10-8-15)19(21)17(20)14-6-5-12-3-1-2-4-13(12)11-14/h1-11,21H. The lowest BCUT2D eigenvalue weighted by atomic mass is 10.1. The van der Waals surface area contributed by atoms with Gasteiger partial charge in [0, 0.05) is 10.6 Å². The molecule has 1 N–H and O–H groups in total. The van der Waals surface area contributed by atoms with E-state index in [4.69, 9.17) is 11.6 Å². The summed E-state index contributed by atoms with van der Waals surface area (Å²) in [5, 5.41) is 13.2. The van der Waals surface area contributed by atoms with Gasteiger partial charge >= 0.3 is 0 Å². The second-order valence-corrected chi connectivity index (χ2v) is 5.09. The molecule has 0 saturated carbocycles. The van der Waals surface area contributed by atoms with Crippen LogP contribution < -0.4 is 5.06 Å². The first-order chi connectivity index (χ1) is 10.1. The molecule has 0 radical (unpaired) electrons. The van der Waals surface area contributed by atoms with Crippen molar-refractivity contribution in [2.75, 3.05) is 5.06 Å². The minimum absolute atomic E-state index is 0.373. The summed E-state index contributed by atoms with van der Waals surface area (Å²) in [6.07, 6.45) is 0. The third-order valence-corrected chi connectivity index (χ3v) is 3.51. The molecule has 0 aliphatic carbocycles. The van der Waals surface area contributed by atoms with Crippen LogP contribution in [-0.2, 0) is 0 Å². The molecule has 0 unspecified atom stereocenters. The summed E-state index contributed by atoms with van der Waals surface area (Å²) in [7, 11) is 0. The summed E-state index contributed by atoms with van der Waals surface area (Å²) in [4.78, 5) is 12.3. The molecule has 21 heavy (non-hydrogen) atoms. The highest BCUT2D eigenvalue weighted by Crippen LogP contribution is 2.21. The fourth-order valence-corrected chi connectivity index (χ4v) is 2.27. The second kappa shape index (κ2) is 5.56. The fraction of sp³-hybridized carbons (Fsp3) is 0. The zero-order valence-electron chi connectivity index (χ0n) is 11.0. The summed E-state index contributed by atoms with van der Waals surface area (Å²) in [5.74, 6) is -0.483. The van der Waals surface area contributed by atoms with Gasteiger partial charge in [0.05, 0.1) is 5.69 Å². The number of halogens is 1. The van der Waals surface area contributed by atoms with Gasteiger partial charge in [0.1, 0.15) is 0 Å². The van der Waals surface area contributed by atoms with Crippen LogP contribution in [0, 0.1) is 0 Å². The maximum atomic E-state index is 12.3. The van der Waals surface area contributed by atoms with E-state index in [0.717, 1.165) is 10.8 Å². The van der Waals surface area contributed by atoms with Crippen LogP contribution >= 0.6 is 11.6 Å². The summed E-state index contributed by atoms with van der Waals surface area (Å²) in [6.45, 7) is 0. The first-order valence-electron chi connectivity index (χ1n) is 6.43. The molecular formula is C17H12ClNO2. The third kappa shape index (κ3) is 2.75. The Morgan fingerprint density at radius 3 is 2.29 bits per heavy atom. The van der Waals surface area contributed by atoms with E-state index in [1.165, 1.54) is 0 Å². The van der Waals surface area contributed by atoms with E-state index < -0.39 is 5.91 Å². The van der Waals surface area contributed by atoms with Crippen molar-refractivity contribution in [2.45, 2.75) is 0 Å². The van der Waals surface area contributed by atoms with Gasteiger partial charge in [0.15, 0.2) is 0 Å². The molecule has 0 fully saturated rings. The fourth-order valence-electron chi connectivity index (χ4n) is 2.14. The Labute approximate surface area is 127 Å². The zero-order valence-corrected chi connectivity index (χ0v) is 11.8. The lowest BCUT2D eigenvalue weighted by Gasteiger charge is -2.15. The van der Waals surface area contributed by atoms with Gasteiger partial charge in [-0.1, -0.05) is 41.9 Å². The van der Waals surface area contributed by atoms with Crippen LogP contribution in [-0.4, -0.2) is 11.1 Å². The van der Waals surface area contributed by atoms with Crippen LogP contribution in [0.4, 0.5) is 5.69 Å². The third-order valence-electron chi connectivity index (χ3n) is 3.26. The lowest BCUT2D eigenvalue weighted by molar-refractivity contribution is 0.0855. The minimum Gasteiger partial charge on any atom is -0.281 e. The van der Waals surface area contributed by atoms with E-state index in [1.807, 2.05) is 30.3 Å². The molecule has 4 heteroatoms. The number of hydroxylamine groups is 1. The van der Waals surface area contributed by atoms with Gasteiger partial charge in [0.2, 0.25) is 0 Å². The maximum absolute atomic E-state index is 12.3. The van der Waals surface area contributed by atoms with E-state index in [2.05, 4.69) is 0 Å². The highest BCUT2D eigenvalue weighted by atomic mass is 35.5. The lowest BCUT2D eigenvalue weighted by Crippen LogP contribution is -2.26. The van der Waals surface area contributed by atoms with Crippen LogP contribution in [0.1, 0.15) is 10.4 Å². The van der Waals surface area contributed by atoms with Gasteiger partial charge in [-0.15, -0.1) is 0 Å². The predicted octanol–water partition coefficient (Wildman–Crippen LogP) is 4.53. The normalized spacial score (nSPS) is 10.6. The predicted molar refractivity (Wildman–Crippen MR) is 84.0 cm³/mol. The van der Waals surface area contributed by atoms with E-state index >= 15 is 0 Å². The highest BCUT2D eigenvalue weighted by molar-refractivity contribution is 6.30. The van der Waals surface area contributed by atoms with Gasteiger partial charge in [0.25, 0.3) is 5.91 Å². The van der Waals surface area contributed by atoms with Crippen LogP contribution in [0.25, 0.3) is 10.8 Å². The number of carbonyl (C=O) groups is 1. The van der Waals surface area contributed by atoms with E-state index in [0.29, 0.717) is 21.3 Å². The molecule has 0 aliphatic rings. The van der Waals surface area contributed by atoms with Gasteiger partial charge < -0.3 is 0 Å². The molecule has 3 rings (SSSR count). The first kappa shape index (κ1) is 13.6. The number of anilines is 1. The summed E-state index contributed by atoms with van der Waals surface area (Å²) < 4.78 is 0. The topological polar surface area (TPSA) is 40.5 Å². The Hall–Kier alpha value is -2.36. The van der Waals surface area contributed by atoms with Gasteiger partial charge in [-0.25, -0.2) is 0 Å². The van der Waals surface area contributed by atoms with Crippen LogP contribution in [0.2, 0.25) is 5.02 Å². The van der Waals surface area contributed by atoms with Crippen molar-refractivity contribution in [2.24, 2.45) is 0 Å². The van der Waals surface area contributed by atoms with Crippen molar-refractivity contribution in [3.8, 4) is 0 Å². The molecule has 3 nitrogen and oxygen atoms in total. The van der Waals surface area contributed by atoms with Crippen molar-refractivity contribution in [3.63, 3.8) is 0 Å². The van der Waals surface area contributed by atoms with Crippen LogP contribution in [0.5, 0.6) is 0 Å². The Morgan fingerprint density at radius 1 is 0.905 bits per heavy atom. The molecule has 0 bridgehead atoms. The number of rotatable bonds is 2. The summed E-state index contributed by atoms with van der Waals surface area (Å²) in [6, 6.07) is 19.5. The minimum atomic E-state index is -0.483. The van der Waals surface area contributed by atoms with Crippen molar-refractivity contribution >= 4 is 34.0 Å². The molecule has 0 saturated heterocycles. The number of benzene rings is 3. The molecule has 0 spiro atoms. The Kier molecular flexibility index (Phi) is 3.60. The molecule has 1 amide bonds. The van der Waals surface area contributed by atoms with Gasteiger partial charge in [-0.2, -0.15) is 5.06 Å². The average molecular weight is 298 g/mol. The molecule has 0 aromatic heterocycles. The van der Waals surface area contributed by atoms with Crippen LogP contribution in [0.3, 0.4) is 0 Å². The second-order valence-electron chi connectivity index (χ2n) is 4.66. The smallest absolute Gasteiger partial charge is 0.281 e. The molecular weight excluding hydrogens is 286 g/mol. The molecule has 0 atom stereocenters. The number of nitrogens with zero attached hydrogens (tertiary/aromatic N) is 1. The van der Waals surface area contributed by atoms with Crippen molar-refractivity contribution in [1.82, 2.24) is 0 Å². The summed E-state index contributed by atoms with van der Waals surface area (Å²) in [5.41, 5.74) is 0.795. The largest absolute Gasteiger partial charge is 0.282 e. The summed E-state index contributed by atoms with van der Waals surface area (Å²) >= 11 is 5.79. The SMILES string of the molecule is O=C(c1ccc2ccccc2c1)N(O)c1ccc(Cl)cc1. The Bertz CT molecular complexity index is 799. The molecule has 0 heterocycles. The quantitative estimate of drug-likeness (QED) is 0.557. The highest BCUT2D eigenvalue weighted by Gasteiger charge is 2.15. The zero-order chi connectivity index (χ0) is 14.8. The average Bonchev–Trinajstić information content (AvgIpc) is 2.54. The van der Waals surface area contributed by atoms with E-state index in [-0.39, 0.29) is 0 Å². The first-order valence-corrected chi connectivity index (χ1v) is 6.81. The van der Waals surface area contributed by atoms with E-state index in [1.54, 1.807) is 36.4 Å². The molecule has 3 aromatic carbocycles. The number of fused-ring (bicyclic) bond motifs is 1. The molecule has 0 aliphatic heterocycles. The van der Waals surface area contributed by atoms with Crippen molar-refractivity contribution < 1.29 is 10.0 Å².